The Morgan fingerprint density at radius 2 is 2.00 bits per heavy atom. The highest BCUT2D eigenvalue weighted by Gasteiger charge is 2.09. The van der Waals surface area contributed by atoms with Crippen LogP contribution in [0.4, 0.5) is 0 Å². The molecule has 0 aliphatic carbocycles. The van der Waals surface area contributed by atoms with Crippen molar-refractivity contribution in [3.05, 3.63) is 23.3 Å². The summed E-state index contributed by atoms with van der Waals surface area (Å²) in [6, 6.07) is 2.09. The molecule has 0 radical (unpaired) electrons. The van der Waals surface area contributed by atoms with Gasteiger partial charge in [0.1, 0.15) is 11.3 Å². The maximum atomic E-state index is 4.57. The molecule has 0 N–H and O–H groups in total. The maximum absolute atomic E-state index is 4.57. The van der Waals surface area contributed by atoms with E-state index < -0.39 is 0 Å². The molecule has 0 amide bonds. The predicted octanol–water partition coefficient (Wildman–Crippen LogP) is 2.15. The van der Waals surface area contributed by atoms with E-state index in [9.17, 15) is 0 Å². The molecule has 74 valence electrons. The zero-order valence-corrected chi connectivity index (χ0v) is 9.13. The summed E-state index contributed by atoms with van der Waals surface area (Å²) in [4.78, 5) is 8.99. The van der Waals surface area contributed by atoms with Gasteiger partial charge in [-0.3, -0.25) is 4.98 Å². The van der Waals surface area contributed by atoms with E-state index in [4.69, 9.17) is 0 Å². The lowest BCUT2D eigenvalue weighted by molar-refractivity contribution is 0.828. The van der Waals surface area contributed by atoms with Gasteiger partial charge in [-0.2, -0.15) is 0 Å². The third kappa shape index (κ3) is 1.20. The highest BCUT2D eigenvalue weighted by molar-refractivity contribution is 5.78. The van der Waals surface area contributed by atoms with Crippen molar-refractivity contribution in [3.63, 3.8) is 0 Å². The van der Waals surface area contributed by atoms with E-state index in [0.29, 0.717) is 0 Å². The number of aromatic nitrogens is 3. The molecule has 0 spiro atoms. The lowest BCUT2D eigenvalue weighted by Gasteiger charge is -2.00. The smallest absolute Gasteiger partial charge is 0.110 e. The van der Waals surface area contributed by atoms with Gasteiger partial charge in [-0.1, -0.05) is 6.92 Å². The molecule has 0 aromatic carbocycles. The minimum atomic E-state index is 0.962. The Hall–Kier alpha value is -1.38. The standard InChI is InChI=1S/C11H15N3/c1-5-10-13-11-8(3)12-7(2)6-9(11)14(10)4/h6H,5H2,1-4H3. The van der Waals surface area contributed by atoms with Crippen LogP contribution in [0, 0.1) is 13.8 Å². The molecule has 2 aromatic rings. The molecule has 0 unspecified atom stereocenters. The molecule has 0 aliphatic heterocycles. The summed E-state index contributed by atoms with van der Waals surface area (Å²) in [5, 5.41) is 0. The molecule has 3 nitrogen and oxygen atoms in total. The first-order valence-corrected chi connectivity index (χ1v) is 4.93. The van der Waals surface area contributed by atoms with Crippen molar-refractivity contribution in [1.29, 1.82) is 0 Å². The zero-order valence-electron chi connectivity index (χ0n) is 9.13. The molecule has 2 rings (SSSR count). The molecule has 0 fully saturated rings. The quantitative estimate of drug-likeness (QED) is 0.688. The van der Waals surface area contributed by atoms with E-state index in [1.807, 2.05) is 13.8 Å². The van der Waals surface area contributed by atoms with Gasteiger partial charge < -0.3 is 4.57 Å². The molecule has 14 heavy (non-hydrogen) atoms. The van der Waals surface area contributed by atoms with E-state index >= 15 is 0 Å². The molecule has 0 atom stereocenters. The third-order valence-corrected chi connectivity index (χ3v) is 2.58. The molecule has 0 saturated carbocycles. The second kappa shape index (κ2) is 3.08. The van der Waals surface area contributed by atoms with Crippen LogP contribution in [-0.2, 0) is 13.5 Å². The van der Waals surface area contributed by atoms with Gasteiger partial charge in [0.05, 0.1) is 11.2 Å². The van der Waals surface area contributed by atoms with Crippen LogP contribution in [0.15, 0.2) is 6.07 Å². The van der Waals surface area contributed by atoms with E-state index in [0.717, 1.165) is 29.1 Å². The van der Waals surface area contributed by atoms with Crippen LogP contribution in [0.2, 0.25) is 0 Å². The first kappa shape index (κ1) is 9.19. The van der Waals surface area contributed by atoms with E-state index in [-0.39, 0.29) is 0 Å². The lowest BCUT2D eigenvalue weighted by Crippen LogP contribution is -1.95. The molecule has 0 bridgehead atoms. The number of rotatable bonds is 1. The number of imidazole rings is 1. The van der Waals surface area contributed by atoms with E-state index in [2.05, 4.69) is 34.6 Å². The Morgan fingerprint density at radius 1 is 1.29 bits per heavy atom. The van der Waals surface area contributed by atoms with Crippen LogP contribution >= 0.6 is 0 Å². The molecule has 0 saturated heterocycles. The van der Waals surface area contributed by atoms with Crippen LogP contribution in [0.1, 0.15) is 24.1 Å². The second-order valence-corrected chi connectivity index (χ2v) is 3.66. The summed E-state index contributed by atoms with van der Waals surface area (Å²) in [6.07, 6.45) is 0.962. The summed E-state index contributed by atoms with van der Waals surface area (Å²) in [7, 11) is 2.06. The fourth-order valence-electron chi connectivity index (χ4n) is 1.85. The topological polar surface area (TPSA) is 30.7 Å². The SMILES string of the molecule is CCc1nc2c(C)nc(C)cc2n1C. The monoisotopic (exact) mass is 189 g/mol. The summed E-state index contributed by atoms with van der Waals surface area (Å²) in [6.45, 7) is 6.16. The molecule has 3 heteroatoms. The normalized spacial score (nSPS) is 11.1. The minimum absolute atomic E-state index is 0.962. The molecular formula is C11H15N3. The summed E-state index contributed by atoms with van der Waals surface area (Å²) < 4.78 is 2.15. The Labute approximate surface area is 83.8 Å². The summed E-state index contributed by atoms with van der Waals surface area (Å²) in [5.74, 6) is 1.12. The van der Waals surface area contributed by atoms with Crippen molar-refractivity contribution < 1.29 is 0 Å². The largest absolute Gasteiger partial charge is 0.331 e. The van der Waals surface area contributed by atoms with Crippen LogP contribution < -0.4 is 0 Å². The Kier molecular flexibility index (Phi) is 2.02. The minimum Gasteiger partial charge on any atom is -0.331 e. The average Bonchev–Trinajstić information content (AvgIpc) is 2.44. The number of aryl methyl sites for hydroxylation is 4. The number of hydrogen-bond donors (Lipinski definition) is 0. The predicted molar refractivity (Wildman–Crippen MR) is 57.4 cm³/mol. The fourth-order valence-corrected chi connectivity index (χ4v) is 1.85. The number of hydrogen-bond acceptors (Lipinski definition) is 2. The average molecular weight is 189 g/mol. The van der Waals surface area contributed by atoms with Gasteiger partial charge in [0.25, 0.3) is 0 Å². The van der Waals surface area contributed by atoms with Gasteiger partial charge >= 0.3 is 0 Å². The van der Waals surface area contributed by atoms with Crippen molar-refractivity contribution in [3.8, 4) is 0 Å². The number of fused-ring (bicyclic) bond motifs is 1. The number of pyridine rings is 1. The van der Waals surface area contributed by atoms with Gasteiger partial charge in [0.15, 0.2) is 0 Å². The highest BCUT2D eigenvalue weighted by Crippen LogP contribution is 2.18. The number of nitrogens with zero attached hydrogens (tertiary/aromatic N) is 3. The molecule has 0 aliphatic rings. The van der Waals surface area contributed by atoms with Gasteiger partial charge in [0.2, 0.25) is 0 Å². The van der Waals surface area contributed by atoms with E-state index in [1.54, 1.807) is 0 Å². The van der Waals surface area contributed by atoms with Gasteiger partial charge in [0, 0.05) is 19.2 Å². The van der Waals surface area contributed by atoms with Crippen molar-refractivity contribution in [2.45, 2.75) is 27.2 Å². The first-order chi connectivity index (χ1) is 6.63. The van der Waals surface area contributed by atoms with Crippen molar-refractivity contribution in [1.82, 2.24) is 14.5 Å². The first-order valence-electron chi connectivity index (χ1n) is 4.93. The van der Waals surface area contributed by atoms with Crippen LogP contribution in [0.5, 0.6) is 0 Å². The third-order valence-electron chi connectivity index (χ3n) is 2.58. The lowest BCUT2D eigenvalue weighted by atomic mass is 10.3. The molecule has 2 heterocycles. The van der Waals surface area contributed by atoms with Crippen LogP contribution in [0.3, 0.4) is 0 Å². The van der Waals surface area contributed by atoms with E-state index in [1.165, 1.54) is 5.52 Å². The second-order valence-electron chi connectivity index (χ2n) is 3.66. The zero-order chi connectivity index (χ0) is 10.3. The van der Waals surface area contributed by atoms with Crippen LogP contribution in [0.25, 0.3) is 11.0 Å². The maximum Gasteiger partial charge on any atom is 0.110 e. The summed E-state index contributed by atoms with van der Waals surface area (Å²) >= 11 is 0. The fraction of sp³-hybridized carbons (Fsp3) is 0.455. The van der Waals surface area contributed by atoms with Crippen LogP contribution in [-0.4, -0.2) is 14.5 Å². The van der Waals surface area contributed by atoms with Crippen molar-refractivity contribution >= 4 is 11.0 Å². The van der Waals surface area contributed by atoms with Gasteiger partial charge in [-0.15, -0.1) is 0 Å². The van der Waals surface area contributed by atoms with Gasteiger partial charge in [-0.05, 0) is 19.9 Å². The molecule has 2 aromatic heterocycles. The highest BCUT2D eigenvalue weighted by atomic mass is 15.1. The van der Waals surface area contributed by atoms with Gasteiger partial charge in [-0.25, -0.2) is 4.98 Å². The Morgan fingerprint density at radius 3 is 2.64 bits per heavy atom. The summed E-state index contributed by atoms with van der Waals surface area (Å²) in [5.41, 5.74) is 4.30. The Bertz CT molecular complexity index is 483. The van der Waals surface area contributed by atoms with Crippen molar-refractivity contribution in [2.75, 3.05) is 0 Å². The Balaban J connectivity index is 2.85. The molecular weight excluding hydrogens is 174 g/mol. The van der Waals surface area contributed by atoms with Crippen molar-refractivity contribution in [2.24, 2.45) is 7.05 Å².